The molecule has 1 aromatic rings. The Balaban J connectivity index is 2.24. The van der Waals surface area contributed by atoms with Gasteiger partial charge < -0.3 is 9.64 Å². The number of benzene rings is 1. The van der Waals surface area contributed by atoms with E-state index in [1.165, 1.54) is 0 Å². The molecule has 0 N–H and O–H groups in total. The number of carbonyl (C=O) groups is 2. The molecule has 1 aromatic carbocycles. The third-order valence-electron chi connectivity index (χ3n) is 3.18. The van der Waals surface area contributed by atoms with Crippen molar-refractivity contribution in [1.29, 1.82) is 0 Å². The topological polar surface area (TPSA) is 46.6 Å². The zero-order valence-corrected chi connectivity index (χ0v) is 10.5. The first kappa shape index (κ1) is 12.8. The molecule has 1 heterocycles. The third kappa shape index (κ3) is 2.59. The first-order chi connectivity index (χ1) is 8.76. The normalized spacial score (nSPS) is 14.5. The van der Waals surface area contributed by atoms with Gasteiger partial charge in [-0.1, -0.05) is 12.1 Å². The predicted molar refractivity (Wildman–Crippen MR) is 69.0 cm³/mol. The average Bonchev–Trinajstić information content (AvgIpc) is 2.41. The lowest BCUT2D eigenvalue weighted by atomic mass is 9.99. The number of carbonyl (C=O) groups excluding carboxylic acids is 2. The van der Waals surface area contributed by atoms with Crippen molar-refractivity contribution in [3.63, 3.8) is 0 Å². The molecule has 0 saturated carbocycles. The summed E-state index contributed by atoms with van der Waals surface area (Å²) in [4.78, 5) is 24.5. The van der Waals surface area contributed by atoms with E-state index in [0.717, 1.165) is 30.4 Å². The second kappa shape index (κ2) is 5.78. The Hall–Kier alpha value is -1.68. The van der Waals surface area contributed by atoms with Gasteiger partial charge in [-0.05, 0) is 24.5 Å². The lowest BCUT2D eigenvalue weighted by Gasteiger charge is -2.29. The molecule has 18 heavy (non-hydrogen) atoms. The van der Waals surface area contributed by atoms with Crippen LogP contribution in [0.25, 0.3) is 0 Å². The van der Waals surface area contributed by atoms with Crippen molar-refractivity contribution in [2.45, 2.75) is 19.3 Å². The molecule has 0 spiro atoms. The Kier molecular flexibility index (Phi) is 4.10. The molecular weight excluding hydrogens is 230 g/mol. The fourth-order valence-corrected chi connectivity index (χ4v) is 2.24. The minimum atomic E-state index is 0.127. The van der Waals surface area contributed by atoms with Crippen LogP contribution in [0, 0.1) is 0 Å². The van der Waals surface area contributed by atoms with Gasteiger partial charge in [-0.15, -0.1) is 0 Å². The number of methoxy groups -OCH3 is 1. The molecule has 96 valence electrons. The summed E-state index contributed by atoms with van der Waals surface area (Å²) in [5, 5.41) is 0. The van der Waals surface area contributed by atoms with Gasteiger partial charge >= 0.3 is 0 Å². The highest BCUT2D eigenvalue weighted by Gasteiger charge is 2.23. The summed E-state index contributed by atoms with van der Waals surface area (Å²) >= 11 is 0. The fraction of sp³-hybridized carbons (Fsp3) is 0.429. The molecule has 0 fully saturated rings. The summed E-state index contributed by atoms with van der Waals surface area (Å²) in [6.45, 7) is 1.27. The number of aldehydes is 1. The van der Waals surface area contributed by atoms with Crippen molar-refractivity contribution in [2.24, 2.45) is 0 Å². The number of hydrogen-bond acceptors (Lipinski definition) is 3. The van der Waals surface area contributed by atoms with Gasteiger partial charge in [-0.3, -0.25) is 9.59 Å². The summed E-state index contributed by atoms with van der Waals surface area (Å²) in [5.41, 5.74) is 2.63. The van der Waals surface area contributed by atoms with Crippen LogP contribution in [0.5, 0.6) is 0 Å². The number of aryl methyl sites for hydroxylation is 1. The van der Waals surface area contributed by atoms with Gasteiger partial charge in [-0.25, -0.2) is 0 Å². The van der Waals surface area contributed by atoms with Crippen molar-refractivity contribution < 1.29 is 14.3 Å². The largest absolute Gasteiger partial charge is 0.385 e. The lowest BCUT2D eigenvalue weighted by molar-refractivity contribution is -0.118. The molecule has 1 aliphatic heterocycles. The van der Waals surface area contributed by atoms with Gasteiger partial charge in [-0.2, -0.15) is 0 Å². The molecule has 0 unspecified atom stereocenters. The summed E-state index contributed by atoms with van der Waals surface area (Å²) < 4.78 is 5.01. The summed E-state index contributed by atoms with van der Waals surface area (Å²) in [7, 11) is 1.65. The van der Waals surface area contributed by atoms with E-state index in [9.17, 15) is 9.59 Å². The minimum Gasteiger partial charge on any atom is -0.385 e. The van der Waals surface area contributed by atoms with Crippen LogP contribution in [0.2, 0.25) is 0 Å². The van der Waals surface area contributed by atoms with Crippen LogP contribution in [0.1, 0.15) is 28.8 Å². The number of rotatable bonds is 5. The SMILES string of the molecule is COCCCN1C(=O)CCc2ccc(C=O)cc21. The highest BCUT2D eigenvalue weighted by Crippen LogP contribution is 2.28. The van der Waals surface area contributed by atoms with Crippen molar-refractivity contribution in [3.8, 4) is 0 Å². The molecule has 2 rings (SSSR count). The van der Waals surface area contributed by atoms with Crippen molar-refractivity contribution in [1.82, 2.24) is 0 Å². The van der Waals surface area contributed by atoms with Crippen LogP contribution in [0.15, 0.2) is 18.2 Å². The second-order valence-electron chi connectivity index (χ2n) is 4.40. The van der Waals surface area contributed by atoms with Gasteiger partial charge in [0.05, 0.1) is 0 Å². The number of fused-ring (bicyclic) bond motifs is 1. The summed E-state index contributed by atoms with van der Waals surface area (Å²) in [5.74, 6) is 0.127. The van der Waals surface area contributed by atoms with Crippen LogP contribution >= 0.6 is 0 Å². The van der Waals surface area contributed by atoms with E-state index in [1.807, 2.05) is 6.07 Å². The number of amides is 1. The molecule has 1 aliphatic rings. The monoisotopic (exact) mass is 247 g/mol. The Labute approximate surface area is 107 Å². The van der Waals surface area contributed by atoms with E-state index >= 15 is 0 Å². The van der Waals surface area contributed by atoms with Crippen LogP contribution in [0.3, 0.4) is 0 Å². The summed E-state index contributed by atoms with van der Waals surface area (Å²) in [6, 6.07) is 5.54. The van der Waals surface area contributed by atoms with Gasteiger partial charge in [0.1, 0.15) is 6.29 Å². The molecule has 0 aliphatic carbocycles. The first-order valence-corrected chi connectivity index (χ1v) is 6.13. The van der Waals surface area contributed by atoms with E-state index in [4.69, 9.17) is 4.74 Å². The standard InChI is InChI=1S/C14H17NO3/c1-18-8-2-7-15-13-9-11(10-16)3-4-12(13)5-6-14(15)17/h3-4,9-10H,2,5-8H2,1H3. The maximum Gasteiger partial charge on any atom is 0.227 e. The van der Waals surface area contributed by atoms with Crippen molar-refractivity contribution in [3.05, 3.63) is 29.3 Å². The third-order valence-corrected chi connectivity index (χ3v) is 3.18. The smallest absolute Gasteiger partial charge is 0.227 e. The molecule has 0 radical (unpaired) electrons. The van der Waals surface area contributed by atoms with Gasteiger partial charge in [0.25, 0.3) is 0 Å². The van der Waals surface area contributed by atoms with Crippen molar-refractivity contribution in [2.75, 3.05) is 25.2 Å². The molecule has 0 aromatic heterocycles. The van der Waals surface area contributed by atoms with E-state index in [0.29, 0.717) is 25.1 Å². The Morgan fingerprint density at radius 3 is 2.94 bits per heavy atom. The van der Waals surface area contributed by atoms with Crippen LogP contribution in [-0.2, 0) is 16.0 Å². The number of anilines is 1. The quantitative estimate of drug-likeness (QED) is 0.589. The van der Waals surface area contributed by atoms with E-state index in [1.54, 1.807) is 24.1 Å². The molecule has 4 nitrogen and oxygen atoms in total. The van der Waals surface area contributed by atoms with Crippen LogP contribution in [-0.4, -0.2) is 32.5 Å². The number of hydrogen-bond donors (Lipinski definition) is 0. The van der Waals surface area contributed by atoms with E-state index in [-0.39, 0.29) is 5.91 Å². The average molecular weight is 247 g/mol. The Morgan fingerprint density at radius 2 is 2.22 bits per heavy atom. The Morgan fingerprint density at radius 1 is 1.39 bits per heavy atom. The molecular formula is C14H17NO3. The second-order valence-corrected chi connectivity index (χ2v) is 4.40. The van der Waals surface area contributed by atoms with Crippen LogP contribution < -0.4 is 4.90 Å². The van der Waals surface area contributed by atoms with Crippen LogP contribution in [0.4, 0.5) is 5.69 Å². The molecule has 0 saturated heterocycles. The van der Waals surface area contributed by atoms with E-state index < -0.39 is 0 Å². The van der Waals surface area contributed by atoms with E-state index in [2.05, 4.69) is 0 Å². The van der Waals surface area contributed by atoms with Gasteiger partial charge in [0.15, 0.2) is 0 Å². The molecule has 0 bridgehead atoms. The van der Waals surface area contributed by atoms with Crippen molar-refractivity contribution >= 4 is 17.9 Å². The fourth-order valence-electron chi connectivity index (χ4n) is 2.24. The number of nitrogens with zero attached hydrogens (tertiary/aromatic N) is 1. The minimum absolute atomic E-state index is 0.127. The highest BCUT2D eigenvalue weighted by atomic mass is 16.5. The highest BCUT2D eigenvalue weighted by molar-refractivity contribution is 5.97. The maximum absolute atomic E-state index is 11.9. The predicted octanol–water partition coefficient (Wildman–Crippen LogP) is 1.81. The molecule has 0 atom stereocenters. The lowest BCUT2D eigenvalue weighted by Crippen LogP contribution is -2.36. The first-order valence-electron chi connectivity index (χ1n) is 6.13. The van der Waals surface area contributed by atoms with Gasteiger partial charge in [0.2, 0.25) is 5.91 Å². The zero-order chi connectivity index (χ0) is 13.0. The van der Waals surface area contributed by atoms with Gasteiger partial charge in [0, 0.05) is 37.9 Å². The molecule has 4 heteroatoms. The zero-order valence-electron chi connectivity index (χ0n) is 10.5. The Bertz CT molecular complexity index is 456. The maximum atomic E-state index is 11.9. The number of ether oxygens (including phenoxy) is 1. The molecule has 1 amide bonds. The summed E-state index contributed by atoms with van der Waals surface area (Å²) in [6.07, 6.45) is 2.91.